The maximum Gasteiger partial charge on any atom is 0.331 e. The Morgan fingerprint density at radius 1 is 1.11 bits per heavy atom. The van der Waals surface area contributed by atoms with Gasteiger partial charge in [-0.25, -0.2) is 4.79 Å². The highest BCUT2D eigenvalue weighted by atomic mass is 35.5. The van der Waals surface area contributed by atoms with E-state index in [1.165, 1.54) is 24.5 Å². The smallest absolute Gasteiger partial charge is 0.331 e. The molecule has 0 spiro atoms. The number of ether oxygens (including phenoxy) is 2. The maximum absolute atomic E-state index is 13.0. The van der Waals surface area contributed by atoms with E-state index in [-0.39, 0.29) is 41.9 Å². The van der Waals surface area contributed by atoms with Crippen LogP contribution in [0.1, 0.15) is 18.2 Å². The Balaban J connectivity index is 1.55. The van der Waals surface area contributed by atoms with Crippen molar-refractivity contribution in [3.05, 3.63) is 82.8 Å². The molecule has 11 heteroatoms. The van der Waals surface area contributed by atoms with Gasteiger partial charge in [0.2, 0.25) is 0 Å². The number of hydrogen-bond acceptors (Lipinski definition) is 7. The van der Waals surface area contributed by atoms with Crippen molar-refractivity contribution in [3.63, 3.8) is 0 Å². The third kappa shape index (κ3) is 6.17. The van der Waals surface area contributed by atoms with Crippen molar-refractivity contribution in [1.82, 2.24) is 10.2 Å². The molecule has 0 atom stereocenters. The summed E-state index contributed by atoms with van der Waals surface area (Å²) in [6.07, 6.45) is 2.70. The van der Waals surface area contributed by atoms with Crippen molar-refractivity contribution in [1.29, 1.82) is 0 Å². The summed E-state index contributed by atoms with van der Waals surface area (Å²) in [5, 5.41) is 4.94. The van der Waals surface area contributed by atoms with Crippen LogP contribution in [0.4, 0.5) is 10.5 Å². The van der Waals surface area contributed by atoms with Gasteiger partial charge in [0.05, 0.1) is 24.4 Å². The first-order chi connectivity index (χ1) is 17.9. The fraction of sp³-hybridized carbons (Fsp3) is 0.154. The lowest BCUT2D eigenvalue weighted by molar-refractivity contribution is -0.130. The van der Waals surface area contributed by atoms with E-state index in [1.807, 2.05) is 6.07 Å². The van der Waals surface area contributed by atoms with Gasteiger partial charge in [-0.15, -0.1) is 0 Å². The second-order valence-corrected chi connectivity index (χ2v) is 8.16. The predicted octanol–water partition coefficient (Wildman–Crippen LogP) is 4.01. The van der Waals surface area contributed by atoms with Crippen molar-refractivity contribution in [2.24, 2.45) is 0 Å². The Kier molecular flexibility index (Phi) is 7.89. The molecule has 1 aliphatic heterocycles. The molecule has 1 aromatic heterocycles. The molecule has 37 heavy (non-hydrogen) atoms. The number of barbiturate groups is 1. The number of para-hydroxylation sites is 1. The van der Waals surface area contributed by atoms with E-state index in [1.54, 1.807) is 43.3 Å². The second kappa shape index (κ2) is 11.4. The molecule has 0 unspecified atom stereocenters. The fourth-order valence-electron chi connectivity index (χ4n) is 3.49. The molecule has 4 rings (SSSR count). The molecule has 2 N–H and O–H groups in total. The molecule has 5 amide bonds. The largest absolute Gasteiger partial charge is 0.490 e. The molecule has 0 aliphatic carbocycles. The number of rotatable bonds is 9. The lowest BCUT2D eigenvalue weighted by Crippen LogP contribution is -2.53. The second-order valence-electron chi connectivity index (χ2n) is 7.75. The summed E-state index contributed by atoms with van der Waals surface area (Å²) in [4.78, 5) is 50.8. The van der Waals surface area contributed by atoms with E-state index in [4.69, 9.17) is 25.5 Å². The van der Waals surface area contributed by atoms with Crippen LogP contribution in [-0.2, 0) is 20.9 Å². The molecular formula is C26H22ClN3O7. The molecule has 3 aromatic rings. The van der Waals surface area contributed by atoms with Gasteiger partial charge in [-0.1, -0.05) is 29.8 Å². The zero-order valence-electron chi connectivity index (χ0n) is 19.7. The van der Waals surface area contributed by atoms with Crippen LogP contribution in [0.25, 0.3) is 6.08 Å². The maximum atomic E-state index is 13.0. The highest BCUT2D eigenvalue weighted by Crippen LogP contribution is 2.37. The van der Waals surface area contributed by atoms with Crippen LogP contribution in [0.2, 0.25) is 5.02 Å². The van der Waals surface area contributed by atoms with E-state index in [2.05, 4.69) is 10.6 Å². The van der Waals surface area contributed by atoms with Gasteiger partial charge in [0.1, 0.15) is 11.3 Å². The van der Waals surface area contributed by atoms with E-state index in [0.717, 1.165) is 4.90 Å². The molecule has 0 radical (unpaired) electrons. The van der Waals surface area contributed by atoms with Crippen molar-refractivity contribution < 1.29 is 33.1 Å². The molecule has 10 nitrogen and oxygen atoms in total. The van der Waals surface area contributed by atoms with Crippen molar-refractivity contribution in [2.45, 2.75) is 13.5 Å². The van der Waals surface area contributed by atoms with Gasteiger partial charge in [0, 0.05) is 5.69 Å². The minimum Gasteiger partial charge on any atom is -0.490 e. The molecule has 0 saturated carbocycles. The number of furan rings is 1. The normalized spacial score (nSPS) is 14.5. The number of halogens is 1. The van der Waals surface area contributed by atoms with Gasteiger partial charge in [-0.3, -0.25) is 24.6 Å². The summed E-state index contributed by atoms with van der Waals surface area (Å²) in [5.41, 5.74) is 0.685. The number of hydrogen-bond donors (Lipinski definition) is 2. The highest BCUT2D eigenvalue weighted by molar-refractivity contribution is 6.33. The molecule has 1 saturated heterocycles. The number of carbonyl (C=O) groups is 4. The lowest BCUT2D eigenvalue weighted by atomic mass is 10.1. The summed E-state index contributed by atoms with van der Waals surface area (Å²) in [6.45, 7) is 1.53. The molecular weight excluding hydrogens is 502 g/mol. The van der Waals surface area contributed by atoms with Gasteiger partial charge in [0.15, 0.2) is 18.1 Å². The van der Waals surface area contributed by atoms with Gasteiger partial charge in [-0.05, 0) is 55.0 Å². The minimum absolute atomic E-state index is 0.0949. The van der Waals surface area contributed by atoms with Crippen LogP contribution >= 0.6 is 11.6 Å². The monoisotopic (exact) mass is 523 g/mol. The third-order valence-corrected chi connectivity index (χ3v) is 5.41. The third-order valence-electron chi connectivity index (χ3n) is 5.13. The van der Waals surface area contributed by atoms with Crippen LogP contribution in [0.15, 0.2) is 70.9 Å². The molecule has 2 aromatic carbocycles. The van der Waals surface area contributed by atoms with Crippen LogP contribution in [-0.4, -0.2) is 41.9 Å². The van der Waals surface area contributed by atoms with E-state index < -0.39 is 23.8 Å². The van der Waals surface area contributed by atoms with E-state index in [0.29, 0.717) is 17.0 Å². The molecule has 0 bridgehead atoms. The Morgan fingerprint density at radius 2 is 1.89 bits per heavy atom. The van der Waals surface area contributed by atoms with E-state index in [9.17, 15) is 19.2 Å². The Hall–Kier alpha value is -4.57. The number of nitrogens with one attached hydrogen (secondary N) is 2. The first-order valence-electron chi connectivity index (χ1n) is 11.2. The number of carbonyl (C=O) groups excluding carboxylic acids is 4. The fourth-order valence-corrected chi connectivity index (χ4v) is 3.77. The summed E-state index contributed by atoms with van der Waals surface area (Å²) in [6, 6.07) is 14.2. The van der Waals surface area contributed by atoms with Crippen molar-refractivity contribution >= 4 is 47.1 Å². The zero-order chi connectivity index (χ0) is 26.4. The molecule has 1 aliphatic rings. The number of urea groups is 1. The van der Waals surface area contributed by atoms with Crippen molar-refractivity contribution in [3.8, 4) is 11.5 Å². The summed E-state index contributed by atoms with van der Waals surface area (Å²) < 4.78 is 16.5. The summed E-state index contributed by atoms with van der Waals surface area (Å²) >= 11 is 6.42. The topological polar surface area (TPSA) is 127 Å². The number of amides is 5. The molecule has 2 heterocycles. The number of anilines is 1. The quantitative estimate of drug-likeness (QED) is 0.320. The van der Waals surface area contributed by atoms with Crippen LogP contribution in [0.3, 0.4) is 0 Å². The molecule has 190 valence electrons. The summed E-state index contributed by atoms with van der Waals surface area (Å²) in [5.74, 6) is -1.34. The Bertz CT molecular complexity index is 1350. The van der Waals surface area contributed by atoms with Gasteiger partial charge in [0.25, 0.3) is 17.7 Å². The summed E-state index contributed by atoms with van der Waals surface area (Å²) in [7, 11) is 0. The first-order valence-corrected chi connectivity index (χ1v) is 11.6. The predicted molar refractivity (Wildman–Crippen MR) is 134 cm³/mol. The first kappa shape index (κ1) is 25.5. The van der Waals surface area contributed by atoms with E-state index >= 15 is 0 Å². The number of benzene rings is 2. The van der Waals surface area contributed by atoms with Crippen molar-refractivity contribution in [2.75, 3.05) is 18.5 Å². The molecule has 1 fully saturated rings. The van der Waals surface area contributed by atoms with Crippen LogP contribution in [0, 0.1) is 0 Å². The standard InChI is InChI=1S/C26H22ClN3O7/c1-2-35-21-13-16(12-20(27)23(21)37-15-22(31)28-17-7-4-3-5-8-17)11-19-24(32)29-26(34)30(25(19)33)14-18-9-6-10-36-18/h3-13H,2,14-15H2,1H3,(H,28,31)(H,29,32,34)/b19-11+. The van der Waals surface area contributed by atoms with Gasteiger partial charge in [-0.2, -0.15) is 0 Å². The van der Waals surface area contributed by atoms with Crippen LogP contribution < -0.4 is 20.1 Å². The average molecular weight is 524 g/mol. The zero-order valence-corrected chi connectivity index (χ0v) is 20.4. The average Bonchev–Trinajstić information content (AvgIpc) is 3.38. The highest BCUT2D eigenvalue weighted by Gasteiger charge is 2.36. The van der Waals surface area contributed by atoms with Gasteiger partial charge >= 0.3 is 6.03 Å². The Morgan fingerprint density at radius 3 is 2.59 bits per heavy atom. The number of imide groups is 2. The lowest BCUT2D eigenvalue weighted by Gasteiger charge is -2.25. The Labute approximate surface area is 216 Å². The SMILES string of the molecule is CCOc1cc(/C=C2\C(=O)NC(=O)N(Cc3ccco3)C2=O)cc(Cl)c1OCC(=O)Nc1ccccc1. The minimum atomic E-state index is -0.853. The van der Waals surface area contributed by atoms with Crippen LogP contribution in [0.5, 0.6) is 11.5 Å². The number of nitrogens with zero attached hydrogens (tertiary/aromatic N) is 1. The van der Waals surface area contributed by atoms with Gasteiger partial charge < -0.3 is 19.2 Å².